The lowest BCUT2D eigenvalue weighted by Gasteiger charge is -2.20. The van der Waals surface area contributed by atoms with Gasteiger partial charge in [0.2, 0.25) is 11.8 Å². The third-order valence-corrected chi connectivity index (χ3v) is 6.20. The molecule has 1 aromatic heterocycles. The minimum absolute atomic E-state index is 0.0905. The quantitative estimate of drug-likeness (QED) is 0.207. The van der Waals surface area contributed by atoms with Crippen molar-refractivity contribution in [3.8, 4) is 17.4 Å². The average Bonchev–Trinajstić information content (AvgIpc) is 2.92. The Morgan fingerprint density at radius 3 is 2.20 bits per heavy atom. The zero-order valence-electron chi connectivity index (χ0n) is 23.7. The first-order valence-corrected chi connectivity index (χ1v) is 13.6. The molecule has 0 spiro atoms. The van der Waals surface area contributed by atoms with Gasteiger partial charge >= 0.3 is 5.97 Å². The molecule has 7 nitrogen and oxygen atoms in total. The summed E-state index contributed by atoms with van der Waals surface area (Å²) in [6.45, 7) is 9.65. The number of carbonyl (C=O) groups is 2. The van der Waals surface area contributed by atoms with Crippen molar-refractivity contribution in [2.45, 2.75) is 65.6 Å². The Labute approximate surface area is 235 Å². The molecule has 3 aromatic carbocycles. The van der Waals surface area contributed by atoms with Gasteiger partial charge in [-0.3, -0.25) is 4.79 Å². The van der Waals surface area contributed by atoms with Gasteiger partial charge in [-0.25, -0.2) is 9.78 Å². The molecule has 0 bridgehead atoms. The highest BCUT2D eigenvalue weighted by Gasteiger charge is 2.21. The molecule has 0 saturated carbocycles. The highest BCUT2D eigenvalue weighted by molar-refractivity contribution is 6.01. The number of hydrogen-bond donors (Lipinski definition) is 1. The van der Waals surface area contributed by atoms with E-state index >= 15 is 0 Å². The summed E-state index contributed by atoms with van der Waals surface area (Å²) in [5, 5.41) is 4.91. The fourth-order valence-corrected chi connectivity index (χ4v) is 4.17. The van der Waals surface area contributed by atoms with E-state index in [0.717, 1.165) is 29.4 Å². The monoisotopic (exact) mass is 540 g/mol. The highest BCUT2D eigenvalue weighted by Crippen LogP contribution is 2.28. The normalized spacial score (nSPS) is 11.3. The summed E-state index contributed by atoms with van der Waals surface area (Å²) >= 11 is 0. The lowest BCUT2D eigenvalue weighted by molar-refractivity contribution is -0.115. The van der Waals surface area contributed by atoms with Crippen molar-refractivity contribution in [1.29, 1.82) is 0 Å². The van der Waals surface area contributed by atoms with Gasteiger partial charge in [-0.2, -0.15) is 0 Å². The molecule has 0 saturated heterocycles. The molecular weight excluding hydrogens is 504 g/mol. The fraction of sp³-hybridized carbons (Fsp3) is 0.303. The van der Waals surface area contributed by atoms with Gasteiger partial charge in [0.25, 0.3) is 0 Å². The third-order valence-electron chi connectivity index (χ3n) is 6.20. The summed E-state index contributed by atoms with van der Waals surface area (Å²) in [5.74, 6) is 1.19. The topological polar surface area (TPSA) is 86.8 Å². The lowest BCUT2D eigenvalue weighted by Crippen LogP contribution is -2.25. The van der Waals surface area contributed by atoms with E-state index < -0.39 is 11.6 Å². The van der Waals surface area contributed by atoms with Crippen LogP contribution in [0.2, 0.25) is 0 Å². The Hall–Kier alpha value is -4.39. The van der Waals surface area contributed by atoms with Crippen LogP contribution in [-0.2, 0) is 16.0 Å². The van der Waals surface area contributed by atoms with Crippen molar-refractivity contribution in [1.82, 2.24) is 4.98 Å². The van der Waals surface area contributed by atoms with Gasteiger partial charge < -0.3 is 19.5 Å². The predicted octanol–water partition coefficient (Wildman–Crippen LogP) is 7.73. The van der Waals surface area contributed by atoms with Crippen molar-refractivity contribution in [2.24, 2.45) is 0 Å². The number of carbonyl (C=O) groups excluding carboxylic acids is 2. The van der Waals surface area contributed by atoms with Crippen LogP contribution in [0.1, 0.15) is 63.4 Å². The van der Waals surface area contributed by atoms with Crippen molar-refractivity contribution in [3.05, 3.63) is 90.1 Å². The van der Waals surface area contributed by atoms with Gasteiger partial charge in [0.15, 0.2) is 0 Å². The molecule has 40 heavy (non-hydrogen) atoms. The van der Waals surface area contributed by atoms with E-state index in [1.54, 1.807) is 63.4 Å². The lowest BCUT2D eigenvalue weighted by atomic mass is 10.1. The number of ether oxygens (including phenoxy) is 3. The molecule has 208 valence electrons. The van der Waals surface area contributed by atoms with Crippen LogP contribution in [0, 0.1) is 0 Å². The van der Waals surface area contributed by atoms with Crippen LogP contribution in [0.5, 0.6) is 17.4 Å². The molecular formula is C33H36N2O5. The Balaban J connectivity index is 1.37. The van der Waals surface area contributed by atoms with Gasteiger partial charge in [-0.05, 0) is 86.3 Å². The molecule has 0 atom stereocenters. The van der Waals surface area contributed by atoms with Gasteiger partial charge in [0.05, 0.1) is 23.8 Å². The number of nitrogens with zero attached hydrogens (tertiary/aromatic N) is 1. The van der Waals surface area contributed by atoms with E-state index in [0.29, 0.717) is 28.4 Å². The molecule has 1 N–H and O–H groups in total. The van der Waals surface area contributed by atoms with E-state index in [1.807, 2.05) is 36.4 Å². The number of fused-ring (bicyclic) bond motifs is 1. The summed E-state index contributed by atoms with van der Waals surface area (Å²) in [4.78, 5) is 29.7. The van der Waals surface area contributed by atoms with Crippen molar-refractivity contribution in [3.63, 3.8) is 0 Å². The molecule has 0 aliphatic carbocycles. The van der Waals surface area contributed by atoms with Crippen molar-refractivity contribution in [2.75, 3.05) is 5.32 Å². The number of para-hydroxylation sites is 1. The minimum atomic E-state index is -0.637. The number of rotatable bonds is 10. The maximum Gasteiger partial charge on any atom is 0.340 e. The Kier molecular flexibility index (Phi) is 9.04. The van der Waals surface area contributed by atoms with Crippen LogP contribution in [-0.4, -0.2) is 28.6 Å². The van der Waals surface area contributed by atoms with Gasteiger partial charge in [-0.1, -0.05) is 44.2 Å². The third kappa shape index (κ3) is 7.82. The molecule has 4 rings (SSSR count). The number of nitrogens with one attached hydrogen (secondary N) is 1. The van der Waals surface area contributed by atoms with Crippen LogP contribution in [0.15, 0.2) is 79.0 Å². The molecule has 0 radical (unpaired) electrons. The van der Waals surface area contributed by atoms with E-state index in [1.165, 1.54) is 0 Å². The number of amides is 1. The van der Waals surface area contributed by atoms with Crippen LogP contribution < -0.4 is 14.8 Å². The van der Waals surface area contributed by atoms with Gasteiger partial charge in [0, 0.05) is 12.3 Å². The Morgan fingerprint density at radius 1 is 0.875 bits per heavy atom. The SMILES string of the molecule is CCC(CC)Oc1ccc2cc(Oc3ccc(CC(=O)Nc4ccccc4C(=O)OC(C)(C)C)cn3)ccc2c1. The average molecular weight is 541 g/mol. The number of aromatic nitrogens is 1. The zero-order valence-corrected chi connectivity index (χ0v) is 23.7. The van der Waals surface area contributed by atoms with Crippen LogP contribution in [0.3, 0.4) is 0 Å². The predicted molar refractivity (Wildman–Crippen MR) is 157 cm³/mol. The summed E-state index contributed by atoms with van der Waals surface area (Å²) < 4.78 is 17.5. The summed E-state index contributed by atoms with van der Waals surface area (Å²) in [7, 11) is 0. The first-order chi connectivity index (χ1) is 19.1. The number of esters is 1. The van der Waals surface area contributed by atoms with E-state index in [9.17, 15) is 9.59 Å². The summed E-state index contributed by atoms with van der Waals surface area (Å²) in [5.41, 5.74) is 0.781. The van der Waals surface area contributed by atoms with Crippen molar-refractivity contribution < 1.29 is 23.8 Å². The summed E-state index contributed by atoms with van der Waals surface area (Å²) in [6, 6.07) is 22.2. The Bertz CT molecular complexity index is 1470. The molecule has 0 fully saturated rings. The standard InChI is InChI=1S/C33H36N2O5/c1-6-25(7-2)38-26-15-13-24-20-27(16-14-23(24)19-26)39-31-17-12-22(21-34-31)18-30(36)35-29-11-9-8-10-28(29)32(37)40-33(3,4)5/h8-17,19-21,25H,6-7,18H2,1-5H3,(H,35,36). The summed E-state index contributed by atoms with van der Waals surface area (Å²) in [6.07, 6.45) is 3.86. The molecule has 1 amide bonds. The zero-order chi connectivity index (χ0) is 28.7. The second kappa shape index (κ2) is 12.6. The van der Waals surface area contributed by atoms with E-state index in [2.05, 4.69) is 24.1 Å². The maximum atomic E-state index is 12.7. The molecule has 4 aromatic rings. The first kappa shape index (κ1) is 28.6. The minimum Gasteiger partial charge on any atom is -0.490 e. The van der Waals surface area contributed by atoms with Gasteiger partial charge in [0.1, 0.15) is 17.1 Å². The van der Waals surface area contributed by atoms with Crippen LogP contribution in [0.4, 0.5) is 5.69 Å². The molecule has 1 heterocycles. The van der Waals surface area contributed by atoms with Crippen LogP contribution >= 0.6 is 0 Å². The fourth-order valence-electron chi connectivity index (χ4n) is 4.17. The number of hydrogen-bond acceptors (Lipinski definition) is 6. The Morgan fingerprint density at radius 2 is 1.55 bits per heavy atom. The molecule has 0 aliphatic heterocycles. The first-order valence-electron chi connectivity index (χ1n) is 13.6. The molecule has 7 heteroatoms. The largest absolute Gasteiger partial charge is 0.490 e. The second-order valence-corrected chi connectivity index (χ2v) is 10.6. The number of pyridine rings is 1. The van der Waals surface area contributed by atoms with E-state index in [4.69, 9.17) is 14.2 Å². The smallest absolute Gasteiger partial charge is 0.340 e. The number of anilines is 1. The number of benzene rings is 3. The second-order valence-electron chi connectivity index (χ2n) is 10.6. The van der Waals surface area contributed by atoms with E-state index in [-0.39, 0.29) is 18.4 Å². The molecule has 0 aliphatic rings. The maximum absolute atomic E-state index is 12.7. The van der Waals surface area contributed by atoms with Crippen molar-refractivity contribution >= 4 is 28.3 Å². The molecule has 0 unspecified atom stereocenters. The van der Waals surface area contributed by atoms with Crippen LogP contribution in [0.25, 0.3) is 10.8 Å². The van der Waals surface area contributed by atoms with Gasteiger partial charge in [-0.15, -0.1) is 0 Å². The highest BCUT2D eigenvalue weighted by atomic mass is 16.6.